The molecular weight excluding hydrogens is 625 g/mol. The summed E-state index contributed by atoms with van der Waals surface area (Å²) in [6.45, 7) is 1.65. The van der Waals surface area contributed by atoms with Crippen LogP contribution in [0.15, 0.2) is 60.8 Å². The average molecular weight is 644 g/mol. The maximum absolute atomic E-state index is 14.0. The Morgan fingerprint density at radius 1 is 1.19 bits per heavy atom. The molecule has 1 amide bonds. The highest BCUT2D eigenvalue weighted by atomic mass is 79.9. The van der Waals surface area contributed by atoms with Gasteiger partial charge >= 0.3 is 6.18 Å². The van der Waals surface area contributed by atoms with Gasteiger partial charge in [-0.25, -0.2) is 9.36 Å². The Balaban J connectivity index is 1.51. The number of nitrogens with one attached hydrogen (secondary N) is 2. The fourth-order valence-corrected chi connectivity index (χ4v) is 5.20. The van der Waals surface area contributed by atoms with E-state index in [1.165, 1.54) is 4.68 Å². The first-order valence-corrected chi connectivity index (χ1v) is 12.6. The van der Waals surface area contributed by atoms with Crippen molar-refractivity contribution in [2.24, 2.45) is 7.05 Å². The van der Waals surface area contributed by atoms with Crippen molar-refractivity contribution in [1.29, 1.82) is 0 Å². The lowest BCUT2D eigenvalue weighted by Crippen LogP contribution is -2.35. The molecular formula is C23H19Br2F3N6O3. The minimum absolute atomic E-state index is 0.00660. The molecule has 0 spiro atoms. The topological polar surface area (TPSA) is 99.0 Å². The first kappa shape index (κ1) is 25.4. The number of alkyl halides is 3. The first-order valence-electron chi connectivity index (χ1n) is 11.0. The third-order valence-electron chi connectivity index (χ3n) is 6.24. The van der Waals surface area contributed by atoms with Crippen molar-refractivity contribution in [1.82, 2.24) is 19.1 Å². The SMILES string of the molecule is Cc1c(NC(=O)c2nn3c(c2Br)N[C@@H](c2ccc(Br)o2)C[C@H]3C(F)(F)F)c(=O)n(-c2ccccc2)n1C. The lowest BCUT2D eigenvalue weighted by Gasteiger charge is -2.32. The van der Waals surface area contributed by atoms with Crippen molar-refractivity contribution in [3.05, 3.63) is 79.1 Å². The molecule has 2 atom stereocenters. The highest BCUT2D eigenvalue weighted by Gasteiger charge is 2.48. The predicted molar refractivity (Wildman–Crippen MR) is 136 cm³/mol. The molecule has 0 saturated heterocycles. The fourth-order valence-electron chi connectivity index (χ4n) is 4.32. The molecule has 5 rings (SSSR count). The van der Waals surface area contributed by atoms with E-state index >= 15 is 0 Å². The summed E-state index contributed by atoms with van der Waals surface area (Å²) in [5.41, 5.74) is 0.247. The van der Waals surface area contributed by atoms with Crippen LogP contribution in [0, 0.1) is 6.92 Å². The highest BCUT2D eigenvalue weighted by molar-refractivity contribution is 9.10. The number of carbonyl (C=O) groups is 1. The number of aromatic nitrogens is 4. The van der Waals surface area contributed by atoms with Gasteiger partial charge in [0.15, 0.2) is 16.4 Å². The quantitative estimate of drug-likeness (QED) is 0.297. The van der Waals surface area contributed by atoms with Crippen molar-refractivity contribution in [3.8, 4) is 5.69 Å². The second-order valence-electron chi connectivity index (χ2n) is 8.48. The molecule has 0 saturated carbocycles. The zero-order valence-electron chi connectivity index (χ0n) is 19.3. The number of para-hydroxylation sites is 1. The van der Waals surface area contributed by atoms with E-state index < -0.39 is 36.1 Å². The lowest BCUT2D eigenvalue weighted by atomic mass is 10.0. The molecule has 194 valence electrons. The summed E-state index contributed by atoms with van der Waals surface area (Å²) in [6, 6.07) is 9.16. The van der Waals surface area contributed by atoms with E-state index in [1.807, 2.05) is 6.07 Å². The van der Waals surface area contributed by atoms with Gasteiger partial charge in [-0.15, -0.1) is 0 Å². The van der Waals surface area contributed by atoms with Crippen LogP contribution in [0.4, 0.5) is 24.7 Å². The van der Waals surface area contributed by atoms with E-state index in [-0.39, 0.29) is 21.7 Å². The molecule has 9 nitrogen and oxygen atoms in total. The smallest absolute Gasteiger partial charge is 0.410 e. The highest BCUT2D eigenvalue weighted by Crippen LogP contribution is 2.46. The van der Waals surface area contributed by atoms with Gasteiger partial charge < -0.3 is 15.1 Å². The molecule has 37 heavy (non-hydrogen) atoms. The minimum atomic E-state index is -4.64. The summed E-state index contributed by atoms with van der Waals surface area (Å²) in [5.74, 6) is -0.560. The van der Waals surface area contributed by atoms with Crippen LogP contribution in [0.5, 0.6) is 0 Å². The molecule has 14 heteroatoms. The first-order chi connectivity index (χ1) is 17.5. The summed E-state index contributed by atoms with van der Waals surface area (Å²) in [6.07, 6.45) is -5.04. The molecule has 1 aliphatic heterocycles. The number of benzene rings is 1. The van der Waals surface area contributed by atoms with Gasteiger partial charge in [-0.2, -0.15) is 18.3 Å². The number of furan rings is 1. The number of amides is 1. The Morgan fingerprint density at radius 3 is 2.51 bits per heavy atom. The van der Waals surface area contributed by atoms with E-state index in [4.69, 9.17) is 4.42 Å². The molecule has 4 aromatic rings. The maximum Gasteiger partial charge on any atom is 0.410 e. The Bertz CT molecular complexity index is 1550. The van der Waals surface area contributed by atoms with Crippen LogP contribution in [0.25, 0.3) is 5.69 Å². The molecule has 0 aliphatic carbocycles. The van der Waals surface area contributed by atoms with Crippen LogP contribution in [-0.2, 0) is 7.05 Å². The third kappa shape index (κ3) is 4.41. The summed E-state index contributed by atoms with van der Waals surface area (Å²) < 4.78 is 51.7. The van der Waals surface area contributed by atoms with Gasteiger partial charge in [-0.05, 0) is 63.0 Å². The zero-order valence-corrected chi connectivity index (χ0v) is 22.5. The van der Waals surface area contributed by atoms with Crippen molar-refractivity contribution in [2.45, 2.75) is 31.6 Å². The minimum Gasteiger partial charge on any atom is -0.452 e. The number of halogens is 5. The number of rotatable bonds is 4. The van der Waals surface area contributed by atoms with Gasteiger partial charge in [0.1, 0.15) is 17.3 Å². The predicted octanol–water partition coefficient (Wildman–Crippen LogP) is 5.71. The third-order valence-corrected chi connectivity index (χ3v) is 7.42. The van der Waals surface area contributed by atoms with Gasteiger partial charge in [-0.3, -0.25) is 14.3 Å². The normalized spacial score (nSPS) is 17.4. The van der Waals surface area contributed by atoms with Crippen molar-refractivity contribution in [2.75, 3.05) is 10.6 Å². The molecule has 2 N–H and O–H groups in total. The standard InChI is InChI=1S/C23H19Br2F3N6O3/c1-11-18(22(36)34(32(11)2)12-6-4-3-5-7-12)30-21(35)19-17(25)20-29-13(14-8-9-16(24)37-14)10-15(23(26,27)28)33(20)31-19/h3-9,13,15,29H,10H2,1-2H3,(H,30,35)/t13-,15+/m1/s1. The summed E-state index contributed by atoms with van der Waals surface area (Å²) in [7, 11) is 1.66. The summed E-state index contributed by atoms with van der Waals surface area (Å²) >= 11 is 6.40. The molecule has 4 heterocycles. The lowest BCUT2D eigenvalue weighted by molar-refractivity contribution is -0.174. The van der Waals surface area contributed by atoms with Crippen LogP contribution in [0.2, 0.25) is 0 Å². The van der Waals surface area contributed by atoms with Crippen LogP contribution in [0.1, 0.15) is 40.4 Å². The fraction of sp³-hybridized carbons (Fsp3) is 0.261. The Hall–Kier alpha value is -3.26. The molecule has 1 aromatic carbocycles. The number of hydrogen-bond donors (Lipinski definition) is 2. The zero-order chi connectivity index (χ0) is 26.6. The number of hydrogen-bond acceptors (Lipinski definition) is 5. The van der Waals surface area contributed by atoms with Crippen molar-refractivity contribution < 1.29 is 22.4 Å². The van der Waals surface area contributed by atoms with E-state index in [2.05, 4.69) is 47.6 Å². The van der Waals surface area contributed by atoms with Gasteiger partial charge in [-0.1, -0.05) is 18.2 Å². The summed E-state index contributed by atoms with van der Waals surface area (Å²) in [4.78, 5) is 26.4. The van der Waals surface area contributed by atoms with Crippen LogP contribution in [-0.4, -0.2) is 31.2 Å². The molecule has 0 fully saturated rings. The van der Waals surface area contributed by atoms with E-state index in [9.17, 15) is 22.8 Å². The molecule has 1 aliphatic rings. The van der Waals surface area contributed by atoms with Gasteiger partial charge in [0.05, 0.1) is 21.9 Å². The summed E-state index contributed by atoms with van der Waals surface area (Å²) in [5, 5.41) is 9.52. The maximum atomic E-state index is 14.0. The van der Waals surface area contributed by atoms with Crippen molar-refractivity contribution >= 4 is 49.3 Å². The van der Waals surface area contributed by atoms with Gasteiger partial charge in [0.2, 0.25) is 0 Å². The number of anilines is 2. The van der Waals surface area contributed by atoms with Crippen LogP contribution in [0.3, 0.4) is 0 Å². The van der Waals surface area contributed by atoms with Crippen molar-refractivity contribution in [3.63, 3.8) is 0 Å². The van der Waals surface area contributed by atoms with Gasteiger partial charge in [0, 0.05) is 13.5 Å². The Kier molecular flexibility index (Phi) is 6.34. The Labute approximate surface area is 224 Å². The molecule has 0 unspecified atom stereocenters. The Morgan fingerprint density at radius 2 is 1.89 bits per heavy atom. The number of nitrogens with zero attached hydrogens (tertiary/aromatic N) is 4. The number of fused-ring (bicyclic) bond motifs is 1. The second-order valence-corrected chi connectivity index (χ2v) is 10.1. The second kappa shape index (κ2) is 9.24. The number of carbonyl (C=O) groups excluding carboxylic acids is 1. The molecule has 0 radical (unpaired) electrons. The van der Waals surface area contributed by atoms with E-state index in [1.54, 1.807) is 55.1 Å². The average Bonchev–Trinajstić information content (AvgIpc) is 3.49. The van der Waals surface area contributed by atoms with Crippen LogP contribution < -0.4 is 16.2 Å². The molecule has 0 bridgehead atoms. The van der Waals surface area contributed by atoms with Gasteiger partial charge in [0.25, 0.3) is 11.5 Å². The monoisotopic (exact) mass is 642 g/mol. The molecule has 3 aromatic heterocycles. The largest absolute Gasteiger partial charge is 0.452 e. The van der Waals surface area contributed by atoms with Crippen LogP contribution >= 0.6 is 31.9 Å². The van der Waals surface area contributed by atoms with E-state index in [0.29, 0.717) is 21.8 Å². The van der Waals surface area contributed by atoms with E-state index in [0.717, 1.165) is 4.68 Å².